The molecule has 2 rings (SSSR count). The highest BCUT2D eigenvalue weighted by atomic mass is 16.4. The first-order valence-corrected chi connectivity index (χ1v) is 5.65. The number of furan rings is 1. The monoisotopic (exact) mass is 237 g/mol. The van der Waals surface area contributed by atoms with E-state index in [2.05, 4.69) is 0 Å². The summed E-state index contributed by atoms with van der Waals surface area (Å²) in [5.41, 5.74) is 0.494. The van der Waals surface area contributed by atoms with Gasteiger partial charge in [-0.25, -0.2) is 0 Å². The SMILES string of the molecule is Cc1cc(C(=O)N2CCC[C@H](C(=O)O)C2)co1. The molecule has 17 heavy (non-hydrogen) atoms. The van der Waals surface area contributed by atoms with Gasteiger partial charge in [0.2, 0.25) is 0 Å². The second kappa shape index (κ2) is 4.61. The van der Waals surface area contributed by atoms with Crippen LogP contribution in [0, 0.1) is 12.8 Å². The number of rotatable bonds is 2. The van der Waals surface area contributed by atoms with Crippen LogP contribution in [-0.4, -0.2) is 35.0 Å². The summed E-state index contributed by atoms with van der Waals surface area (Å²) < 4.78 is 5.09. The molecule has 0 spiro atoms. The van der Waals surface area contributed by atoms with E-state index >= 15 is 0 Å². The topological polar surface area (TPSA) is 70.8 Å². The molecule has 0 aromatic carbocycles. The molecule has 1 aliphatic rings. The Hall–Kier alpha value is -1.78. The number of carboxylic acid groups (broad SMARTS) is 1. The first-order chi connectivity index (χ1) is 8.08. The minimum absolute atomic E-state index is 0.146. The number of carbonyl (C=O) groups is 2. The first-order valence-electron chi connectivity index (χ1n) is 5.65. The number of carboxylic acids is 1. The van der Waals surface area contributed by atoms with Gasteiger partial charge in [0, 0.05) is 13.1 Å². The number of hydrogen-bond acceptors (Lipinski definition) is 3. The van der Waals surface area contributed by atoms with Gasteiger partial charge in [0.25, 0.3) is 5.91 Å². The lowest BCUT2D eigenvalue weighted by molar-refractivity contribution is -0.143. The molecule has 1 saturated heterocycles. The molecule has 0 unspecified atom stereocenters. The third kappa shape index (κ3) is 2.49. The average molecular weight is 237 g/mol. The highest BCUT2D eigenvalue weighted by molar-refractivity contribution is 5.94. The third-order valence-electron chi connectivity index (χ3n) is 3.04. The summed E-state index contributed by atoms with van der Waals surface area (Å²) in [4.78, 5) is 24.6. The van der Waals surface area contributed by atoms with Crippen molar-refractivity contribution in [2.45, 2.75) is 19.8 Å². The highest BCUT2D eigenvalue weighted by Gasteiger charge is 2.29. The number of aliphatic carboxylic acids is 1. The Morgan fingerprint density at radius 2 is 2.29 bits per heavy atom. The Morgan fingerprint density at radius 3 is 2.88 bits per heavy atom. The molecule has 1 amide bonds. The van der Waals surface area contributed by atoms with Gasteiger partial charge in [0.05, 0.1) is 11.5 Å². The molecular formula is C12H15NO4. The number of likely N-dealkylation sites (tertiary alicyclic amines) is 1. The predicted octanol–water partition coefficient (Wildman–Crippen LogP) is 1.52. The lowest BCUT2D eigenvalue weighted by Gasteiger charge is -2.30. The van der Waals surface area contributed by atoms with Crippen molar-refractivity contribution in [1.82, 2.24) is 4.90 Å². The fraction of sp³-hybridized carbons (Fsp3) is 0.500. The van der Waals surface area contributed by atoms with Crippen LogP contribution in [0.4, 0.5) is 0 Å². The maximum absolute atomic E-state index is 12.1. The van der Waals surface area contributed by atoms with Crippen molar-refractivity contribution < 1.29 is 19.1 Å². The quantitative estimate of drug-likeness (QED) is 0.846. The van der Waals surface area contributed by atoms with Gasteiger partial charge in [-0.05, 0) is 25.8 Å². The fourth-order valence-electron chi connectivity index (χ4n) is 2.10. The lowest BCUT2D eigenvalue weighted by Crippen LogP contribution is -2.42. The van der Waals surface area contributed by atoms with Crippen molar-refractivity contribution in [1.29, 1.82) is 0 Å². The lowest BCUT2D eigenvalue weighted by atomic mass is 9.98. The van der Waals surface area contributed by atoms with Crippen LogP contribution in [0.25, 0.3) is 0 Å². The van der Waals surface area contributed by atoms with Crippen LogP contribution in [0.15, 0.2) is 16.7 Å². The average Bonchev–Trinajstić information content (AvgIpc) is 2.75. The molecule has 1 atom stereocenters. The zero-order valence-corrected chi connectivity index (χ0v) is 9.68. The van der Waals surface area contributed by atoms with Crippen LogP contribution < -0.4 is 0 Å². The van der Waals surface area contributed by atoms with Crippen molar-refractivity contribution in [3.8, 4) is 0 Å². The standard InChI is InChI=1S/C12H15NO4/c1-8-5-10(7-17-8)11(14)13-4-2-3-9(6-13)12(15)16/h5,7,9H,2-4,6H2,1H3,(H,15,16)/t9-/m0/s1. The molecule has 2 heterocycles. The molecule has 1 aliphatic heterocycles. The highest BCUT2D eigenvalue weighted by Crippen LogP contribution is 2.19. The van der Waals surface area contributed by atoms with Gasteiger partial charge in [-0.1, -0.05) is 0 Å². The zero-order chi connectivity index (χ0) is 12.4. The van der Waals surface area contributed by atoms with E-state index < -0.39 is 11.9 Å². The Balaban J connectivity index is 2.07. The van der Waals surface area contributed by atoms with Gasteiger partial charge in [-0.2, -0.15) is 0 Å². The van der Waals surface area contributed by atoms with E-state index in [0.29, 0.717) is 30.8 Å². The molecule has 92 valence electrons. The molecule has 1 aromatic rings. The van der Waals surface area contributed by atoms with Crippen LogP contribution in [0.5, 0.6) is 0 Å². The number of nitrogens with zero attached hydrogens (tertiary/aromatic N) is 1. The van der Waals surface area contributed by atoms with Crippen LogP contribution in [-0.2, 0) is 4.79 Å². The molecule has 0 saturated carbocycles. The molecule has 0 bridgehead atoms. The van der Waals surface area contributed by atoms with Gasteiger partial charge >= 0.3 is 5.97 Å². The number of hydrogen-bond donors (Lipinski definition) is 1. The Kier molecular flexibility index (Phi) is 3.17. The van der Waals surface area contributed by atoms with Gasteiger partial charge in [-0.3, -0.25) is 9.59 Å². The van der Waals surface area contributed by atoms with E-state index in [-0.39, 0.29) is 5.91 Å². The van der Waals surface area contributed by atoms with E-state index in [1.807, 2.05) is 0 Å². The van der Waals surface area contributed by atoms with Gasteiger partial charge in [0.15, 0.2) is 0 Å². The van der Waals surface area contributed by atoms with Crippen molar-refractivity contribution in [3.63, 3.8) is 0 Å². The second-order valence-electron chi connectivity index (χ2n) is 4.37. The molecule has 5 nitrogen and oxygen atoms in total. The molecular weight excluding hydrogens is 222 g/mol. The van der Waals surface area contributed by atoms with Crippen LogP contribution in [0.1, 0.15) is 29.0 Å². The van der Waals surface area contributed by atoms with Crippen molar-refractivity contribution in [2.75, 3.05) is 13.1 Å². The molecule has 0 radical (unpaired) electrons. The van der Waals surface area contributed by atoms with Gasteiger partial charge < -0.3 is 14.4 Å². The fourth-order valence-corrected chi connectivity index (χ4v) is 2.10. The Morgan fingerprint density at radius 1 is 1.53 bits per heavy atom. The predicted molar refractivity (Wildman–Crippen MR) is 59.7 cm³/mol. The van der Waals surface area contributed by atoms with E-state index in [1.165, 1.54) is 6.26 Å². The van der Waals surface area contributed by atoms with E-state index in [4.69, 9.17) is 9.52 Å². The largest absolute Gasteiger partial charge is 0.481 e. The van der Waals surface area contributed by atoms with Crippen LogP contribution in [0.3, 0.4) is 0 Å². The van der Waals surface area contributed by atoms with Crippen LogP contribution in [0.2, 0.25) is 0 Å². The third-order valence-corrected chi connectivity index (χ3v) is 3.04. The maximum atomic E-state index is 12.1. The first kappa shape index (κ1) is 11.7. The molecule has 1 aromatic heterocycles. The van der Waals surface area contributed by atoms with Crippen molar-refractivity contribution >= 4 is 11.9 Å². The second-order valence-corrected chi connectivity index (χ2v) is 4.37. The Labute approximate surface area is 99.0 Å². The smallest absolute Gasteiger partial charge is 0.308 e. The number of amides is 1. The normalized spacial score (nSPS) is 20.3. The van der Waals surface area contributed by atoms with Crippen LogP contribution >= 0.6 is 0 Å². The van der Waals surface area contributed by atoms with Gasteiger partial charge in [-0.15, -0.1) is 0 Å². The van der Waals surface area contributed by atoms with Crippen molar-refractivity contribution in [3.05, 3.63) is 23.7 Å². The summed E-state index contributed by atoms with van der Waals surface area (Å²) in [6.45, 7) is 2.68. The summed E-state index contributed by atoms with van der Waals surface area (Å²) in [5.74, 6) is -0.737. The number of aryl methyl sites for hydroxylation is 1. The summed E-state index contributed by atoms with van der Waals surface area (Å²) in [7, 11) is 0. The molecule has 1 N–H and O–H groups in total. The zero-order valence-electron chi connectivity index (χ0n) is 9.68. The molecule has 5 heteroatoms. The van der Waals surface area contributed by atoms with Crippen molar-refractivity contribution in [2.24, 2.45) is 5.92 Å². The van der Waals surface area contributed by atoms with E-state index in [9.17, 15) is 9.59 Å². The minimum atomic E-state index is -0.828. The summed E-state index contributed by atoms with van der Waals surface area (Å²) in [6, 6.07) is 1.67. The van der Waals surface area contributed by atoms with E-state index in [0.717, 1.165) is 6.42 Å². The summed E-state index contributed by atoms with van der Waals surface area (Å²) in [6.07, 6.45) is 2.80. The summed E-state index contributed by atoms with van der Waals surface area (Å²) >= 11 is 0. The van der Waals surface area contributed by atoms with Gasteiger partial charge in [0.1, 0.15) is 12.0 Å². The summed E-state index contributed by atoms with van der Waals surface area (Å²) in [5, 5.41) is 8.96. The minimum Gasteiger partial charge on any atom is -0.481 e. The molecule has 1 fully saturated rings. The molecule has 0 aliphatic carbocycles. The number of carbonyl (C=O) groups excluding carboxylic acids is 1. The van der Waals surface area contributed by atoms with E-state index in [1.54, 1.807) is 17.9 Å². The number of piperidine rings is 1. The Bertz CT molecular complexity index is 437. The maximum Gasteiger partial charge on any atom is 0.308 e.